The van der Waals surface area contributed by atoms with Crippen molar-refractivity contribution in [1.29, 1.82) is 0 Å². The molecular weight excluding hydrogens is 186 g/mol. The van der Waals surface area contributed by atoms with Crippen molar-refractivity contribution >= 4 is 0 Å². The highest BCUT2D eigenvalue weighted by atomic mass is 16.3. The van der Waals surface area contributed by atoms with E-state index < -0.39 is 0 Å². The summed E-state index contributed by atoms with van der Waals surface area (Å²) in [6.45, 7) is 0. The number of rotatable bonds is 4. The quantitative estimate of drug-likeness (QED) is 0.743. The van der Waals surface area contributed by atoms with Gasteiger partial charge in [-0.15, -0.1) is 0 Å². The molecule has 0 spiro atoms. The molecular formula is C13H23NO. The van der Waals surface area contributed by atoms with Crippen LogP contribution in [0.5, 0.6) is 0 Å². The predicted molar refractivity (Wildman–Crippen MR) is 60.6 cm³/mol. The summed E-state index contributed by atoms with van der Waals surface area (Å²) in [6.07, 6.45) is 10.4. The molecule has 0 saturated heterocycles. The van der Waals surface area contributed by atoms with Crippen LogP contribution in [0.25, 0.3) is 0 Å². The van der Waals surface area contributed by atoms with E-state index in [1.165, 1.54) is 44.9 Å². The average Bonchev–Trinajstić information content (AvgIpc) is 3.10. The fraction of sp³-hybridized carbons (Fsp3) is 1.00. The monoisotopic (exact) mass is 209 g/mol. The van der Waals surface area contributed by atoms with Gasteiger partial charge in [0.15, 0.2) is 0 Å². The molecule has 0 radical (unpaired) electrons. The lowest BCUT2D eigenvalue weighted by Crippen LogP contribution is -2.48. The molecule has 86 valence electrons. The SMILES string of the molecule is OC1CCCCC1NC(C1CC1)C1CC1. The number of nitrogens with one attached hydrogen (secondary N) is 1. The number of hydrogen-bond acceptors (Lipinski definition) is 2. The van der Waals surface area contributed by atoms with Crippen LogP contribution in [0.3, 0.4) is 0 Å². The van der Waals surface area contributed by atoms with Gasteiger partial charge in [0.05, 0.1) is 6.10 Å². The molecule has 2 unspecified atom stereocenters. The van der Waals surface area contributed by atoms with Crippen molar-refractivity contribution < 1.29 is 5.11 Å². The number of aliphatic hydroxyl groups excluding tert-OH is 1. The lowest BCUT2D eigenvalue weighted by Gasteiger charge is -2.32. The van der Waals surface area contributed by atoms with Crippen molar-refractivity contribution in [3.63, 3.8) is 0 Å². The van der Waals surface area contributed by atoms with Crippen molar-refractivity contribution in [2.75, 3.05) is 0 Å². The number of hydrogen-bond donors (Lipinski definition) is 2. The molecule has 3 aliphatic rings. The molecule has 0 amide bonds. The first-order valence-electron chi connectivity index (χ1n) is 6.79. The summed E-state index contributed by atoms with van der Waals surface area (Å²) >= 11 is 0. The Labute approximate surface area is 92.4 Å². The van der Waals surface area contributed by atoms with Crippen LogP contribution < -0.4 is 5.32 Å². The molecule has 2 nitrogen and oxygen atoms in total. The highest BCUT2D eigenvalue weighted by Crippen LogP contribution is 2.45. The largest absolute Gasteiger partial charge is 0.392 e. The smallest absolute Gasteiger partial charge is 0.0693 e. The van der Waals surface area contributed by atoms with Crippen molar-refractivity contribution in [3.8, 4) is 0 Å². The van der Waals surface area contributed by atoms with Gasteiger partial charge in [-0.3, -0.25) is 0 Å². The molecule has 2 atom stereocenters. The van der Waals surface area contributed by atoms with E-state index in [4.69, 9.17) is 0 Å². The van der Waals surface area contributed by atoms with Crippen LogP contribution in [0.1, 0.15) is 51.4 Å². The van der Waals surface area contributed by atoms with Crippen molar-refractivity contribution in [2.45, 2.75) is 69.6 Å². The van der Waals surface area contributed by atoms with Gasteiger partial charge in [0.25, 0.3) is 0 Å². The maximum Gasteiger partial charge on any atom is 0.0693 e. The molecule has 3 saturated carbocycles. The average molecular weight is 209 g/mol. The molecule has 3 aliphatic carbocycles. The van der Waals surface area contributed by atoms with E-state index in [1.54, 1.807) is 0 Å². The summed E-state index contributed by atoms with van der Waals surface area (Å²) in [6, 6.07) is 1.16. The van der Waals surface area contributed by atoms with Crippen LogP contribution in [0, 0.1) is 11.8 Å². The zero-order valence-corrected chi connectivity index (χ0v) is 9.49. The summed E-state index contributed by atoms with van der Waals surface area (Å²) in [7, 11) is 0. The minimum atomic E-state index is -0.0706. The molecule has 2 N–H and O–H groups in total. The Balaban J connectivity index is 1.56. The maximum atomic E-state index is 9.96. The Hall–Kier alpha value is -0.0800. The minimum absolute atomic E-state index is 0.0706. The number of aliphatic hydroxyl groups is 1. The first-order valence-corrected chi connectivity index (χ1v) is 6.79. The molecule has 3 rings (SSSR count). The highest BCUT2D eigenvalue weighted by molar-refractivity contribution is 4.98. The molecule has 0 bridgehead atoms. The fourth-order valence-electron chi connectivity index (χ4n) is 3.12. The Morgan fingerprint density at radius 1 is 0.867 bits per heavy atom. The summed E-state index contributed by atoms with van der Waals surface area (Å²) in [5, 5.41) is 13.7. The van der Waals surface area contributed by atoms with Crippen LogP contribution >= 0.6 is 0 Å². The van der Waals surface area contributed by atoms with Gasteiger partial charge in [0, 0.05) is 12.1 Å². The Kier molecular flexibility index (Phi) is 2.73. The first-order chi connectivity index (χ1) is 7.34. The normalized spacial score (nSPS) is 37.2. The second-order valence-electron chi connectivity index (χ2n) is 5.83. The van der Waals surface area contributed by atoms with Crippen molar-refractivity contribution in [3.05, 3.63) is 0 Å². The third-order valence-corrected chi connectivity index (χ3v) is 4.40. The lowest BCUT2D eigenvalue weighted by molar-refractivity contribution is 0.0812. The van der Waals surface area contributed by atoms with Crippen LogP contribution in [0.15, 0.2) is 0 Å². The van der Waals surface area contributed by atoms with Gasteiger partial charge in [-0.25, -0.2) is 0 Å². The van der Waals surface area contributed by atoms with E-state index in [0.29, 0.717) is 6.04 Å². The first kappa shape index (κ1) is 10.1. The van der Waals surface area contributed by atoms with Crippen molar-refractivity contribution in [2.24, 2.45) is 11.8 Å². The molecule has 3 fully saturated rings. The van der Waals surface area contributed by atoms with E-state index >= 15 is 0 Å². The molecule has 0 aliphatic heterocycles. The summed E-state index contributed by atoms with van der Waals surface area (Å²) in [5.74, 6) is 1.90. The zero-order valence-electron chi connectivity index (χ0n) is 9.49. The van der Waals surface area contributed by atoms with Gasteiger partial charge in [-0.2, -0.15) is 0 Å². The van der Waals surface area contributed by atoms with Crippen LogP contribution in [0.2, 0.25) is 0 Å². The molecule has 0 heterocycles. The summed E-state index contributed by atoms with van der Waals surface area (Å²) < 4.78 is 0. The third kappa shape index (κ3) is 2.36. The third-order valence-electron chi connectivity index (χ3n) is 4.40. The second-order valence-corrected chi connectivity index (χ2v) is 5.83. The van der Waals surface area contributed by atoms with Crippen molar-refractivity contribution in [1.82, 2.24) is 5.32 Å². The summed E-state index contributed by atoms with van der Waals surface area (Å²) in [5.41, 5.74) is 0. The molecule has 2 heteroatoms. The standard InChI is InChI=1S/C13H23NO/c15-12-4-2-1-3-11(12)14-13(9-5-6-9)10-7-8-10/h9-15H,1-8H2. The van der Waals surface area contributed by atoms with E-state index in [1.807, 2.05) is 0 Å². The molecule has 15 heavy (non-hydrogen) atoms. The topological polar surface area (TPSA) is 32.3 Å². The Bertz CT molecular complexity index is 211. The van der Waals surface area contributed by atoms with Gasteiger partial charge >= 0.3 is 0 Å². The predicted octanol–water partition coefficient (Wildman–Crippen LogP) is 2.07. The maximum absolute atomic E-state index is 9.96. The highest BCUT2D eigenvalue weighted by Gasteiger charge is 2.42. The zero-order chi connectivity index (χ0) is 10.3. The van der Waals surface area contributed by atoms with Gasteiger partial charge in [0.2, 0.25) is 0 Å². The Morgan fingerprint density at radius 3 is 2.00 bits per heavy atom. The second kappa shape index (κ2) is 4.06. The van der Waals surface area contributed by atoms with Gasteiger partial charge in [-0.05, 0) is 50.4 Å². The van der Waals surface area contributed by atoms with Gasteiger partial charge in [-0.1, -0.05) is 12.8 Å². The van der Waals surface area contributed by atoms with Gasteiger partial charge < -0.3 is 10.4 Å². The lowest BCUT2D eigenvalue weighted by atomic mass is 9.91. The summed E-state index contributed by atoms with van der Waals surface area (Å²) in [4.78, 5) is 0. The van der Waals surface area contributed by atoms with E-state index in [0.717, 1.165) is 24.3 Å². The molecule has 0 aromatic carbocycles. The Morgan fingerprint density at radius 2 is 1.47 bits per heavy atom. The molecule has 0 aromatic rings. The van der Waals surface area contributed by atoms with E-state index in [9.17, 15) is 5.11 Å². The van der Waals surface area contributed by atoms with Crippen LogP contribution in [-0.2, 0) is 0 Å². The fourth-order valence-corrected chi connectivity index (χ4v) is 3.12. The van der Waals surface area contributed by atoms with E-state index in [-0.39, 0.29) is 6.10 Å². The van der Waals surface area contributed by atoms with Gasteiger partial charge in [0.1, 0.15) is 0 Å². The van der Waals surface area contributed by atoms with Crippen LogP contribution in [0.4, 0.5) is 0 Å². The molecule has 0 aromatic heterocycles. The van der Waals surface area contributed by atoms with Crippen LogP contribution in [-0.4, -0.2) is 23.3 Å². The van der Waals surface area contributed by atoms with E-state index in [2.05, 4.69) is 5.32 Å². The minimum Gasteiger partial charge on any atom is -0.392 e.